The van der Waals surface area contributed by atoms with E-state index in [4.69, 9.17) is 14.2 Å². The number of carbonyl (C=O) groups excluding carboxylic acids is 1. The molecule has 0 atom stereocenters. The van der Waals surface area contributed by atoms with Gasteiger partial charge in [0, 0.05) is 6.42 Å². The summed E-state index contributed by atoms with van der Waals surface area (Å²) >= 11 is 0. The molecule has 0 bridgehead atoms. The predicted octanol–water partition coefficient (Wildman–Crippen LogP) is 3.75. The molecular formula is C22H29NO4. The Hall–Kier alpha value is -2.53. The van der Waals surface area contributed by atoms with E-state index >= 15 is 0 Å². The zero-order chi connectivity index (χ0) is 19.7. The highest BCUT2D eigenvalue weighted by Gasteiger charge is 2.20. The largest absolute Gasteiger partial charge is 0.493 e. The van der Waals surface area contributed by atoms with Gasteiger partial charge in [-0.3, -0.25) is 4.79 Å². The summed E-state index contributed by atoms with van der Waals surface area (Å²) in [6.45, 7) is 4.91. The zero-order valence-corrected chi connectivity index (χ0v) is 16.6. The van der Waals surface area contributed by atoms with Gasteiger partial charge in [0.05, 0.1) is 33.0 Å². The van der Waals surface area contributed by atoms with E-state index in [0.717, 1.165) is 11.1 Å². The topological polar surface area (TPSA) is 56.8 Å². The highest BCUT2D eigenvalue weighted by atomic mass is 16.5. The van der Waals surface area contributed by atoms with E-state index < -0.39 is 5.54 Å². The van der Waals surface area contributed by atoms with E-state index in [-0.39, 0.29) is 5.91 Å². The van der Waals surface area contributed by atoms with Crippen LogP contribution in [-0.2, 0) is 22.6 Å². The molecule has 27 heavy (non-hydrogen) atoms. The molecule has 0 radical (unpaired) electrons. The van der Waals surface area contributed by atoms with Gasteiger partial charge < -0.3 is 19.5 Å². The maximum atomic E-state index is 12.3. The van der Waals surface area contributed by atoms with Gasteiger partial charge in [0.2, 0.25) is 5.91 Å². The first-order valence-corrected chi connectivity index (χ1v) is 9.07. The lowest BCUT2D eigenvalue weighted by atomic mass is 10.1. The van der Waals surface area contributed by atoms with Crippen molar-refractivity contribution in [2.24, 2.45) is 0 Å². The van der Waals surface area contributed by atoms with Crippen LogP contribution in [0.25, 0.3) is 0 Å². The molecule has 0 fully saturated rings. The van der Waals surface area contributed by atoms with Crippen LogP contribution in [0, 0.1) is 0 Å². The number of aryl methyl sites for hydroxylation is 1. The van der Waals surface area contributed by atoms with E-state index in [1.165, 1.54) is 0 Å². The van der Waals surface area contributed by atoms with Crippen molar-refractivity contribution in [3.63, 3.8) is 0 Å². The second-order valence-electron chi connectivity index (χ2n) is 7.10. The molecule has 0 aromatic heterocycles. The normalized spacial score (nSPS) is 11.1. The lowest BCUT2D eigenvalue weighted by Gasteiger charge is -2.26. The van der Waals surface area contributed by atoms with Gasteiger partial charge in [-0.15, -0.1) is 0 Å². The average molecular weight is 371 g/mol. The quantitative estimate of drug-likeness (QED) is 0.691. The fourth-order valence-corrected chi connectivity index (χ4v) is 2.77. The van der Waals surface area contributed by atoms with Gasteiger partial charge in [0.15, 0.2) is 11.5 Å². The number of benzene rings is 2. The monoisotopic (exact) mass is 371 g/mol. The first kappa shape index (κ1) is 20.8. The molecule has 5 nitrogen and oxygen atoms in total. The molecule has 2 aromatic carbocycles. The molecule has 2 aromatic rings. The van der Waals surface area contributed by atoms with Crippen LogP contribution in [0.4, 0.5) is 0 Å². The summed E-state index contributed by atoms with van der Waals surface area (Å²) in [4.78, 5) is 12.3. The summed E-state index contributed by atoms with van der Waals surface area (Å²) in [7, 11) is 3.21. The predicted molar refractivity (Wildman–Crippen MR) is 106 cm³/mol. The van der Waals surface area contributed by atoms with Crippen LogP contribution in [0.1, 0.15) is 31.4 Å². The first-order valence-electron chi connectivity index (χ1n) is 9.07. The maximum absolute atomic E-state index is 12.3. The molecule has 0 aliphatic rings. The molecule has 2 rings (SSSR count). The zero-order valence-electron chi connectivity index (χ0n) is 16.6. The van der Waals surface area contributed by atoms with Crippen molar-refractivity contribution >= 4 is 5.91 Å². The van der Waals surface area contributed by atoms with Gasteiger partial charge in [-0.2, -0.15) is 0 Å². The molecule has 1 N–H and O–H groups in total. The Balaban J connectivity index is 1.78. The standard InChI is InChI=1S/C22H29NO4/c1-22(2,16-27-15-18-8-6-5-7-9-18)23-21(24)13-11-17-10-12-19(25-3)20(14-17)26-4/h5-10,12,14H,11,13,15-16H2,1-4H3,(H,23,24). The molecule has 0 unspecified atom stereocenters. The fraction of sp³-hybridized carbons (Fsp3) is 0.409. The maximum Gasteiger partial charge on any atom is 0.220 e. The Morgan fingerprint density at radius 1 is 0.963 bits per heavy atom. The summed E-state index contributed by atoms with van der Waals surface area (Å²) in [5.74, 6) is 1.35. The van der Waals surface area contributed by atoms with E-state index in [1.807, 2.05) is 62.4 Å². The van der Waals surface area contributed by atoms with E-state index in [1.54, 1.807) is 14.2 Å². The van der Waals surface area contributed by atoms with Crippen LogP contribution < -0.4 is 14.8 Å². The minimum atomic E-state index is -0.427. The number of ether oxygens (including phenoxy) is 3. The van der Waals surface area contributed by atoms with Crippen molar-refractivity contribution < 1.29 is 19.0 Å². The number of methoxy groups -OCH3 is 2. The third kappa shape index (κ3) is 6.94. The smallest absolute Gasteiger partial charge is 0.220 e. The fourth-order valence-electron chi connectivity index (χ4n) is 2.77. The number of hydrogen-bond donors (Lipinski definition) is 1. The van der Waals surface area contributed by atoms with Crippen LogP contribution >= 0.6 is 0 Å². The summed E-state index contributed by atoms with van der Waals surface area (Å²) in [6, 6.07) is 15.7. The third-order valence-corrected chi connectivity index (χ3v) is 4.14. The molecule has 0 heterocycles. The Kier molecular flexibility index (Phi) is 7.67. The molecule has 0 spiro atoms. The molecule has 5 heteroatoms. The molecule has 0 saturated carbocycles. The molecule has 146 valence electrons. The van der Waals surface area contributed by atoms with Crippen molar-refractivity contribution in [3.05, 3.63) is 59.7 Å². The van der Waals surface area contributed by atoms with E-state index in [2.05, 4.69) is 5.32 Å². The van der Waals surface area contributed by atoms with Crippen molar-refractivity contribution in [3.8, 4) is 11.5 Å². The van der Waals surface area contributed by atoms with Gasteiger partial charge in [0.1, 0.15) is 0 Å². The van der Waals surface area contributed by atoms with Crippen LogP contribution in [0.15, 0.2) is 48.5 Å². The number of hydrogen-bond acceptors (Lipinski definition) is 4. The van der Waals surface area contributed by atoms with Gasteiger partial charge in [0.25, 0.3) is 0 Å². The Morgan fingerprint density at radius 3 is 2.33 bits per heavy atom. The van der Waals surface area contributed by atoms with E-state index in [0.29, 0.717) is 37.6 Å². The Morgan fingerprint density at radius 2 is 1.67 bits per heavy atom. The van der Waals surface area contributed by atoms with Gasteiger partial charge in [-0.1, -0.05) is 36.4 Å². The number of rotatable bonds is 10. The van der Waals surface area contributed by atoms with Crippen molar-refractivity contribution in [2.45, 2.75) is 38.8 Å². The number of nitrogens with one attached hydrogen (secondary N) is 1. The summed E-state index contributed by atoms with van der Waals surface area (Å²) in [6.07, 6.45) is 1.03. The number of carbonyl (C=O) groups is 1. The van der Waals surface area contributed by atoms with Crippen LogP contribution in [0.3, 0.4) is 0 Å². The number of amides is 1. The SMILES string of the molecule is COc1ccc(CCC(=O)NC(C)(C)COCc2ccccc2)cc1OC. The van der Waals surface area contributed by atoms with Crippen molar-refractivity contribution in [1.29, 1.82) is 0 Å². The van der Waals surface area contributed by atoms with Gasteiger partial charge in [-0.25, -0.2) is 0 Å². The lowest BCUT2D eigenvalue weighted by Crippen LogP contribution is -2.47. The van der Waals surface area contributed by atoms with Crippen molar-refractivity contribution in [1.82, 2.24) is 5.32 Å². The summed E-state index contributed by atoms with van der Waals surface area (Å²) in [5, 5.41) is 3.04. The Labute approximate surface area is 161 Å². The Bertz CT molecular complexity index is 728. The van der Waals surface area contributed by atoms with E-state index in [9.17, 15) is 4.79 Å². The average Bonchev–Trinajstić information content (AvgIpc) is 2.66. The highest BCUT2D eigenvalue weighted by molar-refractivity contribution is 5.77. The highest BCUT2D eigenvalue weighted by Crippen LogP contribution is 2.27. The van der Waals surface area contributed by atoms with Crippen LogP contribution in [-0.4, -0.2) is 32.3 Å². The molecule has 0 saturated heterocycles. The third-order valence-electron chi connectivity index (χ3n) is 4.14. The minimum Gasteiger partial charge on any atom is -0.493 e. The first-order chi connectivity index (χ1) is 12.9. The van der Waals surface area contributed by atoms with Crippen LogP contribution in [0.2, 0.25) is 0 Å². The summed E-state index contributed by atoms with van der Waals surface area (Å²) in [5.41, 5.74) is 1.72. The second kappa shape index (κ2) is 9.97. The van der Waals surface area contributed by atoms with Gasteiger partial charge in [-0.05, 0) is 43.5 Å². The molecule has 0 aliphatic heterocycles. The summed E-state index contributed by atoms with van der Waals surface area (Å²) < 4.78 is 16.3. The molecule has 1 amide bonds. The van der Waals surface area contributed by atoms with Crippen LogP contribution in [0.5, 0.6) is 11.5 Å². The molecule has 0 aliphatic carbocycles. The van der Waals surface area contributed by atoms with Crippen molar-refractivity contribution in [2.75, 3.05) is 20.8 Å². The lowest BCUT2D eigenvalue weighted by molar-refractivity contribution is -0.123. The molecular weight excluding hydrogens is 342 g/mol. The second-order valence-corrected chi connectivity index (χ2v) is 7.10. The minimum absolute atomic E-state index is 0.00176. The van der Waals surface area contributed by atoms with Gasteiger partial charge >= 0.3 is 0 Å².